The molecule has 0 aromatic heterocycles. The number of hydrogen-bond donors (Lipinski definition) is 3. The summed E-state index contributed by atoms with van der Waals surface area (Å²) in [6.07, 6.45) is 4.73. The molecule has 140 valence electrons. The molecule has 1 aromatic carbocycles. The van der Waals surface area contributed by atoms with Crippen molar-refractivity contribution < 1.29 is 23.1 Å². The minimum absolute atomic E-state index is 0.0408. The number of anilines is 1. The maximum absolute atomic E-state index is 12.9. The molecular weight excluding hydrogens is 344 g/mol. The third-order valence-corrected chi connectivity index (χ3v) is 5.82. The van der Waals surface area contributed by atoms with Crippen molar-refractivity contribution >= 4 is 21.7 Å². The minimum Gasteiger partial charge on any atom is -0.478 e. The van der Waals surface area contributed by atoms with Gasteiger partial charge in [-0.15, -0.1) is 0 Å². The first kappa shape index (κ1) is 19.7. The summed E-state index contributed by atoms with van der Waals surface area (Å²) < 4.78 is 33.5. The SMILES string of the molecule is COC[C@@H](C)Nc1ccc(C(=O)O)cc1S(=O)(=O)NC1CCCCC1. The normalized spacial score (nSPS) is 17.2. The molecule has 0 amide bonds. The van der Waals surface area contributed by atoms with E-state index in [9.17, 15) is 18.3 Å². The first-order valence-corrected chi connectivity index (χ1v) is 9.97. The van der Waals surface area contributed by atoms with Crippen molar-refractivity contribution in [2.24, 2.45) is 0 Å². The third-order valence-electron chi connectivity index (χ3n) is 4.26. The molecule has 1 atom stereocenters. The predicted octanol–water partition coefficient (Wildman–Crippen LogP) is 2.44. The van der Waals surface area contributed by atoms with Crippen molar-refractivity contribution in [2.75, 3.05) is 19.0 Å². The van der Waals surface area contributed by atoms with Gasteiger partial charge in [-0.25, -0.2) is 17.9 Å². The molecule has 1 aliphatic carbocycles. The molecule has 25 heavy (non-hydrogen) atoms. The van der Waals surface area contributed by atoms with Crippen molar-refractivity contribution in [2.45, 2.75) is 56.0 Å². The van der Waals surface area contributed by atoms with E-state index in [1.165, 1.54) is 18.2 Å². The van der Waals surface area contributed by atoms with Gasteiger partial charge in [-0.1, -0.05) is 19.3 Å². The number of sulfonamides is 1. The van der Waals surface area contributed by atoms with E-state index in [0.717, 1.165) is 32.1 Å². The molecule has 3 N–H and O–H groups in total. The van der Waals surface area contributed by atoms with Crippen LogP contribution < -0.4 is 10.0 Å². The maximum atomic E-state index is 12.9. The van der Waals surface area contributed by atoms with E-state index in [4.69, 9.17) is 4.74 Å². The fourth-order valence-electron chi connectivity index (χ4n) is 3.06. The second-order valence-corrected chi connectivity index (χ2v) is 8.16. The molecular formula is C17H26N2O5S. The number of methoxy groups -OCH3 is 1. The van der Waals surface area contributed by atoms with Gasteiger partial charge < -0.3 is 15.2 Å². The second-order valence-electron chi connectivity index (χ2n) is 6.47. The Bertz CT molecular complexity index is 699. The third kappa shape index (κ3) is 5.42. The Hall–Kier alpha value is -1.64. The van der Waals surface area contributed by atoms with Crippen molar-refractivity contribution in [3.8, 4) is 0 Å². The van der Waals surface area contributed by atoms with Gasteiger partial charge in [-0.05, 0) is 38.0 Å². The number of hydrogen-bond acceptors (Lipinski definition) is 5. The Kier molecular flexibility index (Phi) is 6.80. The van der Waals surface area contributed by atoms with E-state index in [-0.39, 0.29) is 22.5 Å². The summed E-state index contributed by atoms with van der Waals surface area (Å²) in [5.41, 5.74) is 0.312. The molecule has 8 heteroatoms. The molecule has 0 unspecified atom stereocenters. The van der Waals surface area contributed by atoms with Gasteiger partial charge in [0.15, 0.2) is 0 Å². The molecule has 7 nitrogen and oxygen atoms in total. The first-order valence-electron chi connectivity index (χ1n) is 8.48. The zero-order valence-electron chi connectivity index (χ0n) is 14.6. The van der Waals surface area contributed by atoms with Crippen LogP contribution in [0.5, 0.6) is 0 Å². The number of rotatable bonds is 8. The molecule has 0 radical (unpaired) electrons. The average Bonchev–Trinajstić information content (AvgIpc) is 2.55. The van der Waals surface area contributed by atoms with Crippen LogP contribution in [0.3, 0.4) is 0 Å². The molecule has 0 saturated heterocycles. The van der Waals surface area contributed by atoms with E-state index < -0.39 is 16.0 Å². The van der Waals surface area contributed by atoms with Crippen LogP contribution in [0.1, 0.15) is 49.4 Å². The smallest absolute Gasteiger partial charge is 0.335 e. The van der Waals surface area contributed by atoms with Crippen LogP contribution >= 0.6 is 0 Å². The largest absolute Gasteiger partial charge is 0.478 e. The molecule has 1 aliphatic rings. The van der Waals surface area contributed by atoms with Crippen molar-refractivity contribution in [3.63, 3.8) is 0 Å². The summed E-state index contributed by atoms with van der Waals surface area (Å²) in [5, 5.41) is 12.3. The molecule has 2 rings (SSSR count). The van der Waals surface area contributed by atoms with Crippen LogP contribution in [0, 0.1) is 0 Å². The Labute approximate surface area is 148 Å². The summed E-state index contributed by atoms with van der Waals surface area (Å²) >= 11 is 0. The zero-order chi connectivity index (χ0) is 18.4. The summed E-state index contributed by atoms with van der Waals surface area (Å²) in [6.45, 7) is 2.26. The van der Waals surface area contributed by atoms with Gasteiger partial charge in [0, 0.05) is 19.2 Å². The lowest BCUT2D eigenvalue weighted by atomic mass is 9.96. The van der Waals surface area contributed by atoms with Crippen molar-refractivity contribution in [1.82, 2.24) is 4.72 Å². The van der Waals surface area contributed by atoms with E-state index in [0.29, 0.717) is 12.3 Å². The standard InChI is InChI=1S/C17H26N2O5S/c1-12(11-24-2)18-15-9-8-13(17(20)21)10-16(15)25(22,23)19-14-6-4-3-5-7-14/h8-10,12,14,18-19H,3-7,11H2,1-2H3,(H,20,21)/t12-/m1/s1. The summed E-state index contributed by atoms with van der Waals surface area (Å²) in [6, 6.07) is 3.87. The Morgan fingerprint density at radius 2 is 2.00 bits per heavy atom. The summed E-state index contributed by atoms with van der Waals surface area (Å²) in [7, 11) is -2.26. The van der Waals surface area contributed by atoms with Crippen LogP contribution in [-0.4, -0.2) is 45.3 Å². The monoisotopic (exact) mass is 370 g/mol. The number of carboxylic acids is 1. The highest BCUT2D eigenvalue weighted by molar-refractivity contribution is 7.89. The number of benzene rings is 1. The molecule has 1 saturated carbocycles. The minimum atomic E-state index is -3.82. The Morgan fingerprint density at radius 3 is 2.60 bits per heavy atom. The molecule has 0 spiro atoms. The van der Waals surface area contributed by atoms with Gasteiger partial charge in [-0.3, -0.25) is 0 Å². The summed E-state index contributed by atoms with van der Waals surface area (Å²) in [5.74, 6) is -1.16. The Balaban J connectivity index is 2.33. The van der Waals surface area contributed by atoms with Crippen molar-refractivity contribution in [1.29, 1.82) is 0 Å². The highest BCUT2D eigenvalue weighted by Crippen LogP contribution is 2.26. The molecule has 0 bridgehead atoms. The lowest BCUT2D eigenvalue weighted by Gasteiger charge is -2.24. The van der Waals surface area contributed by atoms with Gasteiger partial charge >= 0.3 is 5.97 Å². The quantitative estimate of drug-likeness (QED) is 0.649. The first-order chi connectivity index (χ1) is 11.8. The number of carbonyl (C=O) groups is 1. The number of ether oxygens (including phenoxy) is 1. The number of carboxylic acid groups (broad SMARTS) is 1. The van der Waals surface area contributed by atoms with Crippen LogP contribution in [0.4, 0.5) is 5.69 Å². The summed E-state index contributed by atoms with van der Waals surface area (Å²) in [4.78, 5) is 11.2. The van der Waals surface area contributed by atoms with Crippen LogP contribution in [0.25, 0.3) is 0 Å². The topological polar surface area (TPSA) is 105 Å². The van der Waals surface area contributed by atoms with Gasteiger partial charge in [0.1, 0.15) is 4.90 Å². The molecule has 1 fully saturated rings. The number of aromatic carboxylic acids is 1. The Morgan fingerprint density at radius 1 is 1.32 bits per heavy atom. The predicted molar refractivity (Wildman–Crippen MR) is 95.6 cm³/mol. The van der Waals surface area contributed by atoms with E-state index in [2.05, 4.69) is 10.0 Å². The average molecular weight is 370 g/mol. The van der Waals surface area contributed by atoms with E-state index in [1.807, 2.05) is 6.92 Å². The van der Waals surface area contributed by atoms with Gasteiger partial charge in [0.25, 0.3) is 0 Å². The van der Waals surface area contributed by atoms with Crippen LogP contribution in [0.2, 0.25) is 0 Å². The van der Waals surface area contributed by atoms with Crippen LogP contribution in [-0.2, 0) is 14.8 Å². The lowest BCUT2D eigenvalue weighted by molar-refractivity contribution is 0.0696. The van der Waals surface area contributed by atoms with Gasteiger partial charge in [-0.2, -0.15) is 0 Å². The fraction of sp³-hybridized carbons (Fsp3) is 0.588. The maximum Gasteiger partial charge on any atom is 0.335 e. The van der Waals surface area contributed by atoms with Gasteiger partial charge in [0.2, 0.25) is 10.0 Å². The van der Waals surface area contributed by atoms with Crippen LogP contribution in [0.15, 0.2) is 23.1 Å². The lowest BCUT2D eigenvalue weighted by Crippen LogP contribution is -2.36. The second kappa shape index (κ2) is 8.64. The van der Waals surface area contributed by atoms with Gasteiger partial charge in [0.05, 0.1) is 17.9 Å². The molecule has 0 aliphatic heterocycles. The molecule has 1 aromatic rings. The van der Waals surface area contributed by atoms with E-state index >= 15 is 0 Å². The van der Waals surface area contributed by atoms with Crippen molar-refractivity contribution in [3.05, 3.63) is 23.8 Å². The fourth-order valence-corrected chi connectivity index (χ4v) is 4.56. The highest BCUT2D eigenvalue weighted by atomic mass is 32.2. The highest BCUT2D eigenvalue weighted by Gasteiger charge is 2.25. The van der Waals surface area contributed by atoms with E-state index in [1.54, 1.807) is 7.11 Å². The zero-order valence-corrected chi connectivity index (χ0v) is 15.4. The molecule has 0 heterocycles. The number of nitrogens with one attached hydrogen (secondary N) is 2.